The molecule has 1 fully saturated rings. The Balaban J connectivity index is 1.88. The van der Waals surface area contributed by atoms with E-state index in [-0.39, 0.29) is 0 Å². The lowest BCUT2D eigenvalue weighted by Crippen LogP contribution is -2.30. The molecule has 0 saturated carbocycles. The number of nitrogens with zero attached hydrogens (tertiary/aromatic N) is 1. The van der Waals surface area contributed by atoms with E-state index >= 15 is 0 Å². The average molecular weight is 224 g/mol. The second-order valence-corrected chi connectivity index (χ2v) is 4.96. The fraction of sp³-hybridized carbons (Fsp3) is 0.636. The molecule has 15 heavy (non-hydrogen) atoms. The molecule has 1 aliphatic rings. The molecule has 1 aliphatic heterocycles. The standard InChI is InChI=1S/C11H16N2OS/c14-5-3-10-8-15-11(13-10)6-9-2-1-4-12-7-9/h5,8-9,12H,1-4,6-7H2. The van der Waals surface area contributed by atoms with Gasteiger partial charge in [-0.2, -0.15) is 0 Å². The van der Waals surface area contributed by atoms with Gasteiger partial charge in [-0.05, 0) is 31.8 Å². The topological polar surface area (TPSA) is 42.0 Å². The smallest absolute Gasteiger partial charge is 0.125 e. The number of nitrogens with one attached hydrogen (secondary N) is 1. The van der Waals surface area contributed by atoms with Crippen molar-refractivity contribution in [2.75, 3.05) is 13.1 Å². The predicted molar refractivity (Wildman–Crippen MR) is 61.2 cm³/mol. The Hall–Kier alpha value is -0.740. The maximum atomic E-state index is 10.3. The number of aldehydes is 1. The van der Waals surface area contributed by atoms with Crippen LogP contribution >= 0.6 is 11.3 Å². The van der Waals surface area contributed by atoms with E-state index in [2.05, 4.69) is 10.3 Å². The summed E-state index contributed by atoms with van der Waals surface area (Å²) in [5.41, 5.74) is 0.925. The molecule has 2 heterocycles. The first-order valence-electron chi connectivity index (χ1n) is 5.46. The van der Waals surface area contributed by atoms with Crippen LogP contribution in [0.4, 0.5) is 0 Å². The fourth-order valence-electron chi connectivity index (χ4n) is 1.97. The van der Waals surface area contributed by atoms with Crippen LogP contribution in [0.3, 0.4) is 0 Å². The first-order valence-corrected chi connectivity index (χ1v) is 6.34. The number of piperidine rings is 1. The van der Waals surface area contributed by atoms with Crippen LogP contribution in [-0.4, -0.2) is 24.4 Å². The van der Waals surface area contributed by atoms with Gasteiger partial charge in [0.1, 0.15) is 6.29 Å². The number of aromatic nitrogens is 1. The van der Waals surface area contributed by atoms with Gasteiger partial charge in [0.25, 0.3) is 0 Å². The van der Waals surface area contributed by atoms with Crippen molar-refractivity contribution < 1.29 is 4.79 Å². The van der Waals surface area contributed by atoms with E-state index in [1.54, 1.807) is 11.3 Å². The van der Waals surface area contributed by atoms with Crippen LogP contribution in [0, 0.1) is 5.92 Å². The molecule has 1 saturated heterocycles. The van der Waals surface area contributed by atoms with Crippen LogP contribution in [-0.2, 0) is 17.6 Å². The molecular weight excluding hydrogens is 208 g/mol. The molecule has 0 aliphatic carbocycles. The second kappa shape index (κ2) is 5.37. The molecule has 0 amide bonds. The molecule has 1 unspecified atom stereocenters. The van der Waals surface area contributed by atoms with Crippen molar-refractivity contribution in [3.05, 3.63) is 16.1 Å². The van der Waals surface area contributed by atoms with Crippen LogP contribution in [0.15, 0.2) is 5.38 Å². The quantitative estimate of drug-likeness (QED) is 0.787. The minimum atomic E-state index is 0.458. The van der Waals surface area contributed by atoms with Gasteiger partial charge in [0.05, 0.1) is 10.7 Å². The summed E-state index contributed by atoms with van der Waals surface area (Å²) in [6.07, 6.45) is 5.02. The molecule has 2 rings (SSSR count). The molecule has 4 heteroatoms. The van der Waals surface area contributed by atoms with Crippen molar-refractivity contribution in [1.29, 1.82) is 0 Å². The van der Waals surface area contributed by atoms with E-state index in [9.17, 15) is 4.79 Å². The highest BCUT2D eigenvalue weighted by atomic mass is 32.1. The van der Waals surface area contributed by atoms with Crippen molar-refractivity contribution >= 4 is 17.6 Å². The van der Waals surface area contributed by atoms with E-state index in [1.165, 1.54) is 17.8 Å². The van der Waals surface area contributed by atoms with E-state index in [1.807, 2.05) is 5.38 Å². The van der Waals surface area contributed by atoms with Crippen molar-refractivity contribution in [1.82, 2.24) is 10.3 Å². The Labute approximate surface area is 93.9 Å². The van der Waals surface area contributed by atoms with Gasteiger partial charge in [-0.15, -0.1) is 11.3 Å². The monoisotopic (exact) mass is 224 g/mol. The molecule has 82 valence electrons. The van der Waals surface area contributed by atoms with Gasteiger partial charge in [-0.3, -0.25) is 0 Å². The highest BCUT2D eigenvalue weighted by Gasteiger charge is 2.15. The fourth-order valence-corrected chi connectivity index (χ4v) is 2.89. The molecule has 1 aromatic rings. The van der Waals surface area contributed by atoms with Crippen LogP contribution < -0.4 is 5.32 Å². The van der Waals surface area contributed by atoms with Crippen LogP contribution in [0.1, 0.15) is 23.5 Å². The first-order chi connectivity index (χ1) is 7.38. The molecule has 3 nitrogen and oxygen atoms in total. The third-order valence-corrected chi connectivity index (χ3v) is 3.67. The molecule has 0 radical (unpaired) electrons. The number of thiazole rings is 1. The van der Waals surface area contributed by atoms with Crippen molar-refractivity contribution in [2.45, 2.75) is 25.7 Å². The van der Waals surface area contributed by atoms with Gasteiger partial charge in [0.2, 0.25) is 0 Å². The van der Waals surface area contributed by atoms with E-state index in [0.29, 0.717) is 6.42 Å². The third kappa shape index (κ3) is 3.11. The Morgan fingerprint density at radius 1 is 1.67 bits per heavy atom. The molecular formula is C11H16N2OS. The van der Waals surface area contributed by atoms with Crippen molar-refractivity contribution in [2.24, 2.45) is 5.92 Å². The summed E-state index contributed by atoms with van der Waals surface area (Å²) in [4.78, 5) is 14.8. The van der Waals surface area contributed by atoms with Crippen molar-refractivity contribution in [3.63, 3.8) is 0 Å². The van der Waals surface area contributed by atoms with Gasteiger partial charge in [0.15, 0.2) is 0 Å². The zero-order chi connectivity index (χ0) is 10.5. The molecule has 1 aromatic heterocycles. The van der Waals surface area contributed by atoms with Crippen LogP contribution in [0.5, 0.6) is 0 Å². The highest BCUT2D eigenvalue weighted by molar-refractivity contribution is 7.09. The number of carbonyl (C=O) groups is 1. The molecule has 0 aromatic carbocycles. The minimum Gasteiger partial charge on any atom is -0.316 e. The molecule has 1 atom stereocenters. The summed E-state index contributed by atoms with van der Waals surface area (Å²) in [6, 6.07) is 0. The lowest BCUT2D eigenvalue weighted by molar-refractivity contribution is -0.107. The van der Waals surface area contributed by atoms with Crippen molar-refractivity contribution in [3.8, 4) is 0 Å². The normalized spacial score (nSPS) is 21.5. The predicted octanol–water partition coefficient (Wildman–Crippen LogP) is 1.43. The summed E-state index contributed by atoms with van der Waals surface area (Å²) in [5, 5.41) is 6.59. The zero-order valence-electron chi connectivity index (χ0n) is 8.74. The average Bonchev–Trinajstić information content (AvgIpc) is 2.68. The number of hydrogen-bond donors (Lipinski definition) is 1. The largest absolute Gasteiger partial charge is 0.316 e. The number of rotatable bonds is 4. The summed E-state index contributed by atoms with van der Waals surface area (Å²) < 4.78 is 0. The third-order valence-electron chi connectivity index (χ3n) is 2.75. The van der Waals surface area contributed by atoms with Gasteiger partial charge in [-0.25, -0.2) is 4.98 Å². The minimum absolute atomic E-state index is 0.458. The summed E-state index contributed by atoms with van der Waals surface area (Å²) in [7, 11) is 0. The number of hydrogen-bond acceptors (Lipinski definition) is 4. The first kappa shape index (κ1) is 10.8. The SMILES string of the molecule is O=CCc1csc(CC2CCCNC2)n1. The Bertz CT molecular complexity index is 318. The van der Waals surface area contributed by atoms with Crippen LogP contribution in [0.25, 0.3) is 0 Å². The Kier molecular flexibility index (Phi) is 3.86. The Morgan fingerprint density at radius 3 is 3.33 bits per heavy atom. The molecule has 1 N–H and O–H groups in total. The lowest BCUT2D eigenvalue weighted by Gasteiger charge is -2.21. The lowest BCUT2D eigenvalue weighted by atomic mass is 9.97. The van der Waals surface area contributed by atoms with Gasteiger partial charge >= 0.3 is 0 Å². The van der Waals surface area contributed by atoms with Gasteiger partial charge < -0.3 is 10.1 Å². The molecule has 0 bridgehead atoms. The van der Waals surface area contributed by atoms with Gasteiger partial charge in [-0.1, -0.05) is 0 Å². The zero-order valence-corrected chi connectivity index (χ0v) is 9.55. The summed E-state index contributed by atoms with van der Waals surface area (Å²) in [6.45, 7) is 2.27. The maximum absolute atomic E-state index is 10.3. The Morgan fingerprint density at radius 2 is 2.60 bits per heavy atom. The van der Waals surface area contributed by atoms with Gasteiger partial charge in [0, 0.05) is 18.2 Å². The van der Waals surface area contributed by atoms with E-state index in [0.717, 1.165) is 37.4 Å². The summed E-state index contributed by atoms with van der Waals surface area (Å²) >= 11 is 1.69. The summed E-state index contributed by atoms with van der Waals surface area (Å²) in [5.74, 6) is 0.731. The maximum Gasteiger partial charge on any atom is 0.125 e. The van der Waals surface area contributed by atoms with Crippen LogP contribution in [0.2, 0.25) is 0 Å². The number of carbonyl (C=O) groups excluding carboxylic acids is 1. The van der Waals surface area contributed by atoms with E-state index < -0.39 is 0 Å². The van der Waals surface area contributed by atoms with E-state index in [4.69, 9.17) is 0 Å². The highest BCUT2D eigenvalue weighted by Crippen LogP contribution is 2.19. The second-order valence-electron chi connectivity index (χ2n) is 4.02. The molecule has 0 spiro atoms.